The lowest BCUT2D eigenvalue weighted by molar-refractivity contribution is 0.627. The summed E-state index contributed by atoms with van der Waals surface area (Å²) in [4.78, 5) is 0. The van der Waals surface area contributed by atoms with E-state index in [0.29, 0.717) is 16.7 Å². The predicted molar refractivity (Wildman–Crippen MR) is 40.3 cm³/mol. The van der Waals surface area contributed by atoms with Crippen molar-refractivity contribution in [3.8, 4) is 0 Å². The minimum Gasteiger partial charge on any atom is -0.234 e. The number of nitrogens with zero attached hydrogens (tertiary/aromatic N) is 3. The first-order chi connectivity index (χ1) is 4.79. The van der Waals surface area contributed by atoms with E-state index in [4.69, 9.17) is 23.2 Å². The molecular formula is C5H7Cl2N3. The fourth-order valence-electron chi connectivity index (χ4n) is 0.621. The van der Waals surface area contributed by atoms with Crippen molar-refractivity contribution >= 4 is 23.2 Å². The fourth-order valence-corrected chi connectivity index (χ4v) is 1.13. The number of hydrogen-bond donors (Lipinski definition) is 0. The van der Waals surface area contributed by atoms with Gasteiger partial charge in [-0.25, -0.2) is 4.68 Å². The predicted octanol–water partition coefficient (Wildman–Crippen LogP) is 1.69. The molecule has 0 aliphatic carbocycles. The minimum absolute atomic E-state index is 0.318. The smallest absolute Gasteiger partial charge is 0.151 e. The molecule has 0 amide bonds. The molecular weight excluding hydrogens is 173 g/mol. The van der Waals surface area contributed by atoms with Crippen LogP contribution in [0.1, 0.15) is 12.6 Å². The van der Waals surface area contributed by atoms with Gasteiger partial charge in [0, 0.05) is 6.54 Å². The van der Waals surface area contributed by atoms with Gasteiger partial charge >= 0.3 is 0 Å². The molecule has 0 atom stereocenters. The van der Waals surface area contributed by atoms with Crippen molar-refractivity contribution in [3.05, 3.63) is 10.8 Å². The summed E-state index contributed by atoms with van der Waals surface area (Å²) in [6, 6.07) is 0. The Balaban J connectivity index is 2.97. The van der Waals surface area contributed by atoms with E-state index < -0.39 is 0 Å². The van der Waals surface area contributed by atoms with Gasteiger partial charge in [0.15, 0.2) is 5.15 Å². The first-order valence-electron chi connectivity index (χ1n) is 2.93. The van der Waals surface area contributed by atoms with Crippen LogP contribution in [-0.4, -0.2) is 15.0 Å². The summed E-state index contributed by atoms with van der Waals surface area (Å²) in [5.74, 6) is 0.318. The first kappa shape index (κ1) is 7.82. The van der Waals surface area contributed by atoms with Gasteiger partial charge in [-0.05, 0) is 6.92 Å². The standard InChI is InChI=1S/C5H7Cl2N3/c1-2-10-5(7)4(3-6)8-9-10/h2-3H2,1H3. The number of hydrogen-bond acceptors (Lipinski definition) is 2. The highest BCUT2D eigenvalue weighted by Gasteiger charge is 2.06. The molecule has 0 radical (unpaired) electrons. The van der Waals surface area contributed by atoms with Gasteiger partial charge in [0.05, 0.1) is 5.88 Å². The van der Waals surface area contributed by atoms with Crippen LogP contribution in [0.25, 0.3) is 0 Å². The Bertz CT molecular complexity index is 199. The zero-order valence-corrected chi connectivity index (χ0v) is 7.02. The second-order valence-electron chi connectivity index (χ2n) is 1.78. The average Bonchev–Trinajstić information content (AvgIpc) is 2.30. The zero-order valence-electron chi connectivity index (χ0n) is 5.51. The van der Waals surface area contributed by atoms with Crippen molar-refractivity contribution in [1.82, 2.24) is 15.0 Å². The maximum atomic E-state index is 5.78. The fraction of sp³-hybridized carbons (Fsp3) is 0.600. The monoisotopic (exact) mass is 179 g/mol. The highest BCUT2D eigenvalue weighted by molar-refractivity contribution is 6.31. The van der Waals surface area contributed by atoms with Crippen LogP contribution in [0.15, 0.2) is 0 Å². The molecule has 0 spiro atoms. The molecule has 0 fully saturated rings. The molecule has 1 aromatic heterocycles. The molecule has 1 aromatic rings. The summed E-state index contributed by atoms with van der Waals surface area (Å²) in [5, 5.41) is 8.05. The second kappa shape index (κ2) is 3.21. The van der Waals surface area contributed by atoms with E-state index in [1.807, 2.05) is 6.92 Å². The number of aryl methyl sites for hydroxylation is 1. The molecule has 0 aliphatic heterocycles. The van der Waals surface area contributed by atoms with Crippen molar-refractivity contribution in [1.29, 1.82) is 0 Å². The average molecular weight is 180 g/mol. The van der Waals surface area contributed by atoms with E-state index in [9.17, 15) is 0 Å². The summed E-state index contributed by atoms with van der Waals surface area (Å²) in [6.07, 6.45) is 0. The Morgan fingerprint density at radius 1 is 1.60 bits per heavy atom. The summed E-state index contributed by atoms with van der Waals surface area (Å²) < 4.78 is 1.60. The quantitative estimate of drug-likeness (QED) is 0.648. The Labute approximate surface area is 68.9 Å². The summed E-state index contributed by atoms with van der Waals surface area (Å²) in [5.41, 5.74) is 0.644. The Morgan fingerprint density at radius 2 is 2.30 bits per heavy atom. The van der Waals surface area contributed by atoms with Crippen LogP contribution in [0.5, 0.6) is 0 Å². The molecule has 5 heteroatoms. The molecule has 0 aromatic carbocycles. The Morgan fingerprint density at radius 3 is 2.60 bits per heavy atom. The van der Waals surface area contributed by atoms with E-state index in [0.717, 1.165) is 6.54 Å². The third-order valence-electron chi connectivity index (χ3n) is 1.16. The molecule has 1 heterocycles. The van der Waals surface area contributed by atoms with Gasteiger partial charge in [0.2, 0.25) is 0 Å². The summed E-state index contributed by atoms with van der Waals surface area (Å²) in [7, 11) is 0. The van der Waals surface area contributed by atoms with Gasteiger partial charge in [-0.2, -0.15) is 0 Å². The Hall–Kier alpha value is -0.280. The molecule has 0 saturated carbocycles. The van der Waals surface area contributed by atoms with E-state index >= 15 is 0 Å². The molecule has 0 unspecified atom stereocenters. The van der Waals surface area contributed by atoms with E-state index in [2.05, 4.69) is 10.3 Å². The van der Waals surface area contributed by atoms with E-state index in [1.54, 1.807) is 4.68 Å². The van der Waals surface area contributed by atoms with Crippen LogP contribution in [-0.2, 0) is 12.4 Å². The highest BCUT2D eigenvalue weighted by Crippen LogP contribution is 2.13. The summed E-state index contributed by atoms with van der Waals surface area (Å²) in [6.45, 7) is 2.67. The van der Waals surface area contributed by atoms with Crippen molar-refractivity contribution in [3.63, 3.8) is 0 Å². The van der Waals surface area contributed by atoms with Gasteiger partial charge in [-0.1, -0.05) is 16.8 Å². The van der Waals surface area contributed by atoms with Crippen LogP contribution in [0.3, 0.4) is 0 Å². The molecule has 56 valence electrons. The number of rotatable bonds is 2. The maximum absolute atomic E-state index is 5.78. The van der Waals surface area contributed by atoms with Crippen molar-refractivity contribution in [2.24, 2.45) is 0 Å². The number of halogens is 2. The molecule has 0 bridgehead atoms. The van der Waals surface area contributed by atoms with E-state index in [1.165, 1.54) is 0 Å². The van der Waals surface area contributed by atoms with Crippen molar-refractivity contribution < 1.29 is 0 Å². The third kappa shape index (κ3) is 1.25. The zero-order chi connectivity index (χ0) is 7.56. The third-order valence-corrected chi connectivity index (χ3v) is 1.83. The number of alkyl halides is 1. The van der Waals surface area contributed by atoms with Gasteiger partial charge in [0.1, 0.15) is 5.69 Å². The molecule has 0 N–H and O–H groups in total. The molecule has 0 aliphatic rings. The second-order valence-corrected chi connectivity index (χ2v) is 2.40. The first-order valence-corrected chi connectivity index (χ1v) is 3.84. The van der Waals surface area contributed by atoms with Crippen LogP contribution >= 0.6 is 23.2 Å². The minimum atomic E-state index is 0.318. The molecule has 10 heavy (non-hydrogen) atoms. The topological polar surface area (TPSA) is 30.7 Å². The van der Waals surface area contributed by atoms with Crippen LogP contribution < -0.4 is 0 Å². The van der Waals surface area contributed by atoms with E-state index in [-0.39, 0.29) is 0 Å². The molecule has 1 rings (SSSR count). The van der Waals surface area contributed by atoms with Gasteiger partial charge in [-0.3, -0.25) is 0 Å². The lowest BCUT2D eigenvalue weighted by Crippen LogP contribution is -1.95. The number of aromatic nitrogens is 3. The van der Waals surface area contributed by atoms with Gasteiger partial charge in [-0.15, -0.1) is 16.7 Å². The van der Waals surface area contributed by atoms with Gasteiger partial charge in [0.25, 0.3) is 0 Å². The van der Waals surface area contributed by atoms with Crippen molar-refractivity contribution in [2.75, 3.05) is 0 Å². The lowest BCUT2D eigenvalue weighted by Gasteiger charge is -1.93. The van der Waals surface area contributed by atoms with Crippen molar-refractivity contribution in [2.45, 2.75) is 19.3 Å². The summed E-state index contributed by atoms with van der Waals surface area (Å²) >= 11 is 11.3. The SMILES string of the molecule is CCn1nnc(CCl)c1Cl. The molecule has 0 saturated heterocycles. The molecule has 3 nitrogen and oxygen atoms in total. The van der Waals surface area contributed by atoms with Crippen LogP contribution in [0, 0.1) is 0 Å². The van der Waals surface area contributed by atoms with Gasteiger partial charge < -0.3 is 0 Å². The normalized spacial score (nSPS) is 10.3. The largest absolute Gasteiger partial charge is 0.234 e. The van der Waals surface area contributed by atoms with Crippen LogP contribution in [0.4, 0.5) is 0 Å². The Kier molecular flexibility index (Phi) is 2.51. The van der Waals surface area contributed by atoms with Crippen LogP contribution in [0.2, 0.25) is 5.15 Å². The lowest BCUT2D eigenvalue weighted by atomic mass is 10.5. The highest BCUT2D eigenvalue weighted by atomic mass is 35.5. The maximum Gasteiger partial charge on any atom is 0.151 e.